The molecule has 0 bridgehead atoms. The molecule has 1 fully saturated rings. The number of halogens is 1. The van der Waals surface area contributed by atoms with Crippen LogP contribution in [0.1, 0.15) is 13.8 Å². The first-order valence-corrected chi connectivity index (χ1v) is 8.82. The van der Waals surface area contributed by atoms with Crippen molar-refractivity contribution in [3.63, 3.8) is 0 Å². The predicted molar refractivity (Wildman–Crippen MR) is 82.6 cm³/mol. The van der Waals surface area contributed by atoms with E-state index in [0.717, 1.165) is 0 Å². The van der Waals surface area contributed by atoms with Crippen LogP contribution in [0.4, 0.5) is 5.69 Å². The van der Waals surface area contributed by atoms with Crippen molar-refractivity contribution in [1.29, 1.82) is 0 Å². The molecule has 1 aliphatic heterocycles. The molecule has 6 nitrogen and oxygen atoms in total. The number of nitrogens with zero attached hydrogens (tertiary/aromatic N) is 1. The van der Waals surface area contributed by atoms with Gasteiger partial charge in [0.25, 0.3) is 0 Å². The summed E-state index contributed by atoms with van der Waals surface area (Å²) in [5.41, 5.74) is 0.510. The molecule has 0 unspecified atom stereocenters. The zero-order valence-corrected chi connectivity index (χ0v) is 13.7. The number of esters is 1. The average Bonchev–Trinajstić information content (AvgIpc) is 2.66. The molecule has 1 aromatic carbocycles. The molecule has 22 heavy (non-hydrogen) atoms. The zero-order valence-electron chi connectivity index (χ0n) is 12.2. The summed E-state index contributed by atoms with van der Waals surface area (Å²) < 4.78 is 28.9. The summed E-state index contributed by atoms with van der Waals surface area (Å²) in [6.45, 7) is 2.55. The molecule has 0 radical (unpaired) electrons. The lowest BCUT2D eigenvalue weighted by molar-refractivity contribution is -0.146. The van der Waals surface area contributed by atoms with E-state index >= 15 is 0 Å². The molecule has 1 aromatic rings. The molecule has 0 aromatic heterocycles. The molecule has 0 saturated carbocycles. The van der Waals surface area contributed by atoms with Crippen molar-refractivity contribution < 1.29 is 22.7 Å². The summed E-state index contributed by atoms with van der Waals surface area (Å²) in [5, 5.41) is 0.503. The van der Waals surface area contributed by atoms with E-state index in [9.17, 15) is 18.0 Å². The first-order valence-electron chi connectivity index (χ1n) is 6.62. The Morgan fingerprint density at radius 3 is 2.27 bits per heavy atom. The highest BCUT2D eigenvalue weighted by molar-refractivity contribution is 7.91. The van der Waals surface area contributed by atoms with E-state index in [1.165, 1.54) is 18.7 Å². The lowest BCUT2D eigenvalue weighted by atomic mass is 10.1. The maximum Gasteiger partial charge on any atom is 0.303 e. The standard InChI is InChI=1S/C14H16ClNO5S/c1-9(17)16(12-5-3-11(15)4-6-12)13-7-22(19,20)8-14(13)21-10(2)18/h3-6,13-14H,7-8H2,1-2H3/t13-,14+/m0/s1. The Morgan fingerprint density at radius 2 is 1.77 bits per heavy atom. The molecule has 1 heterocycles. The molecule has 8 heteroatoms. The monoisotopic (exact) mass is 345 g/mol. The van der Waals surface area contributed by atoms with Gasteiger partial charge in [-0.25, -0.2) is 8.42 Å². The smallest absolute Gasteiger partial charge is 0.303 e. The number of benzene rings is 1. The molecule has 1 aliphatic rings. The van der Waals surface area contributed by atoms with Crippen LogP contribution in [0.3, 0.4) is 0 Å². The highest BCUT2D eigenvalue weighted by atomic mass is 35.5. The van der Waals surface area contributed by atoms with Gasteiger partial charge < -0.3 is 9.64 Å². The number of carbonyl (C=O) groups excluding carboxylic acids is 2. The lowest BCUT2D eigenvalue weighted by Gasteiger charge is -2.30. The summed E-state index contributed by atoms with van der Waals surface area (Å²) in [6.07, 6.45) is -0.873. The molecular formula is C14H16ClNO5S. The van der Waals surface area contributed by atoms with Crippen LogP contribution in [-0.2, 0) is 24.2 Å². The van der Waals surface area contributed by atoms with Crippen LogP contribution >= 0.6 is 11.6 Å². The van der Waals surface area contributed by atoms with Crippen molar-refractivity contribution in [3.8, 4) is 0 Å². The topological polar surface area (TPSA) is 80.8 Å². The van der Waals surface area contributed by atoms with Gasteiger partial charge in [0.2, 0.25) is 5.91 Å². The Kier molecular flexibility index (Phi) is 4.77. The van der Waals surface area contributed by atoms with Gasteiger partial charge in [0, 0.05) is 24.6 Å². The second kappa shape index (κ2) is 6.26. The number of amides is 1. The average molecular weight is 346 g/mol. The first-order chi connectivity index (χ1) is 10.2. The number of carbonyl (C=O) groups is 2. The van der Waals surface area contributed by atoms with E-state index in [4.69, 9.17) is 16.3 Å². The number of hydrogen-bond donors (Lipinski definition) is 0. The number of anilines is 1. The van der Waals surface area contributed by atoms with Crippen LogP contribution in [0.25, 0.3) is 0 Å². The van der Waals surface area contributed by atoms with Gasteiger partial charge in [-0.2, -0.15) is 0 Å². The fraction of sp³-hybridized carbons (Fsp3) is 0.429. The van der Waals surface area contributed by atoms with Crippen molar-refractivity contribution in [3.05, 3.63) is 29.3 Å². The highest BCUT2D eigenvalue weighted by Crippen LogP contribution is 2.28. The molecule has 1 saturated heterocycles. The minimum atomic E-state index is -3.38. The van der Waals surface area contributed by atoms with Crippen LogP contribution in [0, 0.1) is 0 Å². The molecule has 1 amide bonds. The van der Waals surface area contributed by atoms with Gasteiger partial charge in [0.1, 0.15) is 6.10 Å². The van der Waals surface area contributed by atoms with E-state index < -0.39 is 28.0 Å². The molecule has 0 N–H and O–H groups in total. The SMILES string of the molecule is CC(=O)O[C@@H]1CS(=O)(=O)C[C@@H]1N(C(C)=O)c1ccc(Cl)cc1. The van der Waals surface area contributed by atoms with Crippen molar-refractivity contribution in [2.45, 2.75) is 26.0 Å². The van der Waals surface area contributed by atoms with Crippen molar-refractivity contribution >= 4 is 39.0 Å². The van der Waals surface area contributed by atoms with E-state index in [2.05, 4.69) is 0 Å². The zero-order chi connectivity index (χ0) is 16.5. The molecule has 0 spiro atoms. The Bertz CT molecular complexity index is 686. The molecular weight excluding hydrogens is 330 g/mol. The Hall–Kier alpha value is -1.60. The Labute approximate surface area is 133 Å². The van der Waals surface area contributed by atoms with Gasteiger partial charge in [-0.3, -0.25) is 9.59 Å². The largest absolute Gasteiger partial charge is 0.459 e. The molecule has 120 valence electrons. The summed E-state index contributed by atoms with van der Waals surface area (Å²) in [7, 11) is -3.38. The Morgan fingerprint density at radius 1 is 1.18 bits per heavy atom. The number of sulfone groups is 1. The second-order valence-corrected chi connectivity index (χ2v) is 7.75. The maximum absolute atomic E-state index is 12.0. The fourth-order valence-electron chi connectivity index (χ4n) is 2.57. The number of hydrogen-bond acceptors (Lipinski definition) is 5. The summed E-state index contributed by atoms with van der Waals surface area (Å²) >= 11 is 5.83. The van der Waals surface area contributed by atoms with Crippen LogP contribution in [0.2, 0.25) is 5.02 Å². The van der Waals surface area contributed by atoms with Crippen molar-refractivity contribution in [1.82, 2.24) is 0 Å². The summed E-state index contributed by atoms with van der Waals surface area (Å²) in [5.74, 6) is -1.44. The second-order valence-electron chi connectivity index (χ2n) is 5.16. The van der Waals surface area contributed by atoms with Gasteiger partial charge in [0.05, 0.1) is 17.5 Å². The van der Waals surface area contributed by atoms with Crippen LogP contribution in [-0.4, -0.2) is 43.9 Å². The van der Waals surface area contributed by atoms with Gasteiger partial charge >= 0.3 is 5.97 Å². The predicted octanol–water partition coefficient (Wildman–Crippen LogP) is 1.42. The van der Waals surface area contributed by atoms with Crippen molar-refractivity contribution in [2.75, 3.05) is 16.4 Å². The molecule has 0 aliphatic carbocycles. The lowest BCUT2D eigenvalue weighted by Crippen LogP contribution is -2.47. The van der Waals surface area contributed by atoms with Crippen LogP contribution in [0.15, 0.2) is 24.3 Å². The van der Waals surface area contributed by atoms with E-state index in [0.29, 0.717) is 10.7 Å². The summed E-state index contributed by atoms with van der Waals surface area (Å²) in [6, 6.07) is 5.72. The number of ether oxygens (including phenoxy) is 1. The van der Waals surface area contributed by atoms with E-state index in [-0.39, 0.29) is 17.4 Å². The molecule has 2 rings (SSSR count). The number of rotatable bonds is 3. The third-order valence-electron chi connectivity index (χ3n) is 3.37. The van der Waals surface area contributed by atoms with Gasteiger partial charge in [-0.05, 0) is 24.3 Å². The van der Waals surface area contributed by atoms with Gasteiger partial charge in [-0.1, -0.05) is 11.6 Å². The van der Waals surface area contributed by atoms with E-state index in [1.54, 1.807) is 24.3 Å². The normalized spacial score (nSPS) is 23.0. The van der Waals surface area contributed by atoms with Crippen molar-refractivity contribution in [2.24, 2.45) is 0 Å². The minimum absolute atomic E-state index is 0.243. The minimum Gasteiger partial charge on any atom is -0.459 e. The third kappa shape index (κ3) is 3.78. The van der Waals surface area contributed by atoms with E-state index in [1.807, 2.05) is 0 Å². The van der Waals surface area contributed by atoms with Crippen LogP contribution in [0.5, 0.6) is 0 Å². The first kappa shape index (κ1) is 16.8. The van der Waals surface area contributed by atoms with Gasteiger partial charge in [-0.15, -0.1) is 0 Å². The maximum atomic E-state index is 12.0. The van der Waals surface area contributed by atoms with Gasteiger partial charge in [0.15, 0.2) is 9.84 Å². The highest BCUT2D eigenvalue weighted by Gasteiger charge is 2.44. The fourth-order valence-corrected chi connectivity index (χ4v) is 4.51. The Balaban J connectivity index is 2.39. The quantitative estimate of drug-likeness (QED) is 0.774. The molecule has 2 atom stereocenters. The summed E-state index contributed by atoms with van der Waals surface area (Å²) in [4.78, 5) is 24.6. The third-order valence-corrected chi connectivity index (χ3v) is 5.30. The van der Waals surface area contributed by atoms with Crippen LogP contribution < -0.4 is 4.90 Å².